The summed E-state index contributed by atoms with van der Waals surface area (Å²) in [5.74, 6) is 0. The third-order valence-corrected chi connectivity index (χ3v) is 4.10. The van der Waals surface area contributed by atoms with Gasteiger partial charge in [0, 0.05) is 36.4 Å². The highest BCUT2D eigenvalue weighted by atomic mass is 16.6. The summed E-state index contributed by atoms with van der Waals surface area (Å²) in [5.41, 5.74) is 7.56. The monoisotopic (exact) mass is 307 g/mol. The van der Waals surface area contributed by atoms with Crippen LogP contribution in [0.3, 0.4) is 0 Å². The molecule has 1 aromatic rings. The summed E-state index contributed by atoms with van der Waals surface area (Å²) >= 11 is 0. The van der Waals surface area contributed by atoms with E-state index in [0.717, 1.165) is 37.2 Å². The van der Waals surface area contributed by atoms with Crippen LogP contribution in [-0.4, -0.2) is 43.4 Å². The number of non-ortho nitro benzene ring substituents is 1. The average Bonchev–Trinajstić information content (AvgIpc) is 3.25. The molecule has 22 heavy (non-hydrogen) atoms. The molecule has 1 saturated heterocycles. The van der Waals surface area contributed by atoms with E-state index in [0.29, 0.717) is 26.4 Å². The fourth-order valence-corrected chi connectivity index (χ4v) is 2.53. The van der Waals surface area contributed by atoms with Crippen LogP contribution in [0.25, 0.3) is 0 Å². The summed E-state index contributed by atoms with van der Waals surface area (Å²) in [6, 6.07) is 5.13. The van der Waals surface area contributed by atoms with Gasteiger partial charge in [-0.05, 0) is 24.5 Å². The van der Waals surface area contributed by atoms with E-state index in [9.17, 15) is 10.1 Å². The van der Waals surface area contributed by atoms with Crippen molar-refractivity contribution in [2.75, 3.05) is 37.8 Å². The van der Waals surface area contributed by atoms with E-state index < -0.39 is 0 Å². The lowest BCUT2D eigenvalue weighted by atomic mass is 10.1. The van der Waals surface area contributed by atoms with Gasteiger partial charge < -0.3 is 20.1 Å². The number of morpholine rings is 1. The van der Waals surface area contributed by atoms with Crippen molar-refractivity contribution in [3.05, 3.63) is 33.9 Å². The molecule has 3 rings (SSSR count). The van der Waals surface area contributed by atoms with Crippen LogP contribution in [0.1, 0.15) is 18.4 Å². The maximum Gasteiger partial charge on any atom is 0.271 e. The summed E-state index contributed by atoms with van der Waals surface area (Å²) in [6.07, 6.45) is 1.97. The van der Waals surface area contributed by atoms with Gasteiger partial charge in [-0.3, -0.25) is 10.1 Å². The number of nitrogens with two attached hydrogens (primary N) is 1. The maximum absolute atomic E-state index is 11.1. The number of nitro benzene ring substituents is 1. The van der Waals surface area contributed by atoms with E-state index in [1.165, 1.54) is 0 Å². The Morgan fingerprint density at radius 3 is 2.68 bits per heavy atom. The van der Waals surface area contributed by atoms with Crippen LogP contribution in [0.15, 0.2) is 18.2 Å². The zero-order valence-corrected chi connectivity index (χ0v) is 12.5. The summed E-state index contributed by atoms with van der Waals surface area (Å²) in [6.45, 7) is 3.62. The number of hydrogen-bond acceptors (Lipinski definition) is 6. The Morgan fingerprint density at radius 2 is 2.05 bits per heavy atom. The largest absolute Gasteiger partial charge is 0.378 e. The van der Waals surface area contributed by atoms with Crippen molar-refractivity contribution >= 4 is 11.4 Å². The van der Waals surface area contributed by atoms with Gasteiger partial charge in [-0.2, -0.15) is 0 Å². The molecule has 0 spiro atoms. The molecule has 7 heteroatoms. The van der Waals surface area contributed by atoms with Gasteiger partial charge in [0.2, 0.25) is 0 Å². The third kappa shape index (κ3) is 3.73. The Hall–Kier alpha value is -1.70. The molecule has 0 radical (unpaired) electrons. The Labute approximate surface area is 129 Å². The van der Waals surface area contributed by atoms with Gasteiger partial charge in [-0.15, -0.1) is 0 Å². The molecule has 1 saturated carbocycles. The van der Waals surface area contributed by atoms with E-state index in [4.69, 9.17) is 15.2 Å². The first-order valence-electron chi connectivity index (χ1n) is 7.53. The summed E-state index contributed by atoms with van der Waals surface area (Å²) in [7, 11) is 0. The van der Waals surface area contributed by atoms with Crippen LogP contribution in [0.4, 0.5) is 11.4 Å². The van der Waals surface area contributed by atoms with E-state index >= 15 is 0 Å². The molecule has 1 aliphatic heterocycles. The summed E-state index contributed by atoms with van der Waals surface area (Å²) in [5, 5.41) is 11.1. The average molecular weight is 307 g/mol. The highest BCUT2D eigenvalue weighted by molar-refractivity contribution is 5.56. The molecule has 0 unspecified atom stereocenters. The van der Waals surface area contributed by atoms with Crippen molar-refractivity contribution in [1.29, 1.82) is 0 Å². The number of rotatable bonds is 6. The highest BCUT2D eigenvalue weighted by Gasteiger charge is 2.38. The molecule has 2 aliphatic rings. The van der Waals surface area contributed by atoms with Crippen LogP contribution < -0.4 is 10.6 Å². The zero-order chi connectivity index (χ0) is 15.6. The Balaban J connectivity index is 1.72. The smallest absolute Gasteiger partial charge is 0.271 e. The van der Waals surface area contributed by atoms with Crippen molar-refractivity contribution in [2.45, 2.75) is 25.0 Å². The fraction of sp³-hybridized carbons (Fsp3) is 0.600. The van der Waals surface area contributed by atoms with Gasteiger partial charge in [0.1, 0.15) is 0 Å². The number of nitrogens with zero attached hydrogens (tertiary/aromatic N) is 2. The number of anilines is 1. The normalized spacial score (nSPS) is 20.0. The molecule has 7 nitrogen and oxygen atoms in total. The summed E-state index contributed by atoms with van der Waals surface area (Å²) < 4.78 is 11.0. The maximum atomic E-state index is 11.1. The quantitative estimate of drug-likeness (QED) is 0.631. The van der Waals surface area contributed by atoms with Crippen molar-refractivity contribution in [3.8, 4) is 0 Å². The number of benzene rings is 1. The Bertz CT molecular complexity index is 554. The van der Waals surface area contributed by atoms with Gasteiger partial charge >= 0.3 is 0 Å². The molecule has 120 valence electrons. The lowest BCUT2D eigenvalue weighted by molar-refractivity contribution is -0.384. The lowest BCUT2D eigenvalue weighted by Crippen LogP contribution is -2.36. The SMILES string of the molecule is NC1(COCc2cc(N3CCOCC3)cc([N+](=O)[O-])c2)CC1. The van der Waals surface area contributed by atoms with Crippen molar-refractivity contribution in [1.82, 2.24) is 0 Å². The first-order valence-corrected chi connectivity index (χ1v) is 7.53. The minimum Gasteiger partial charge on any atom is -0.378 e. The summed E-state index contributed by atoms with van der Waals surface area (Å²) in [4.78, 5) is 12.9. The van der Waals surface area contributed by atoms with Gasteiger partial charge in [0.05, 0.1) is 31.4 Å². The van der Waals surface area contributed by atoms with Crippen LogP contribution >= 0.6 is 0 Å². The molecule has 1 heterocycles. The lowest BCUT2D eigenvalue weighted by Gasteiger charge is -2.29. The number of ether oxygens (including phenoxy) is 2. The van der Waals surface area contributed by atoms with E-state index in [-0.39, 0.29) is 16.1 Å². The third-order valence-electron chi connectivity index (χ3n) is 4.10. The van der Waals surface area contributed by atoms with E-state index in [2.05, 4.69) is 4.90 Å². The topological polar surface area (TPSA) is 90.9 Å². The zero-order valence-electron chi connectivity index (χ0n) is 12.5. The number of nitro groups is 1. The predicted molar refractivity (Wildman–Crippen MR) is 81.9 cm³/mol. The first-order chi connectivity index (χ1) is 10.6. The molecule has 0 aromatic heterocycles. The minimum absolute atomic E-state index is 0.0940. The minimum atomic E-state index is -0.362. The molecule has 0 atom stereocenters. The molecule has 2 fully saturated rings. The van der Waals surface area contributed by atoms with Gasteiger partial charge in [-0.25, -0.2) is 0 Å². The van der Waals surface area contributed by atoms with Crippen molar-refractivity contribution < 1.29 is 14.4 Å². The second-order valence-corrected chi connectivity index (χ2v) is 6.07. The van der Waals surface area contributed by atoms with Crippen LogP contribution in [0.5, 0.6) is 0 Å². The molecule has 1 aliphatic carbocycles. The van der Waals surface area contributed by atoms with Gasteiger partial charge in [-0.1, -0.05) is 0 Å². The van der Waals surface area contributed by atoms with Crippen molar-refractivity contribution in [2.24, 2.45) is 5.73 Å². The van der Waals surface area contributed by atoms with Crippen LogP contribution in [0.2, 0.25) is 0 Å². The predicted octanol–water partition coefficient (Wildman–Crippen LogP) is 1.44. The Morgan fingerprint density at radius 1 is 1.32 bits per heavy atom. The van der Waals surface area contributed by atoms with Gasteiger partial charge in [0.15, 0.2) is 0 Å². The van der Waals surface area contributed by atoms with Gasteiger partial charge in [0.25, 0.3) is 5.69 Å². The highest BCUT2D eigenvalue weighted by Crippen LogP contribution is 2.32. The molecule has 0 amide bonds. The Kier molecular flexibility index (Phi) is 4.28. The first kappa shape index (κ1) is 15.2. The number of hydrogen-bond donors (Lipinski definition) is 1. The van der Waals surface area contributed by atoms with E-state index in [1.54, 1.807) is 12.1 Å². The van der Waals surface area contributed by atoms with Crippen molar-refractivity contribution in [3.63, 3.8) is 0 Å². The van der Waals surface area contributed by atoms with Crippen LogP contribution in [0, 0.1) is 10.1 Å². The molecule has 2 N–H and O–H groups in total. The molecule has 1 aromatic carbocycles. The molecule has 0 bridgehead atoms. The second-order valence-electron chi connectivity index (χ2n) is 6.07. The van der Waals surface area contributed by atoms with Crippen LogP contribution in [-0.2, 0) is 16.1 Å². The fourth-order valence-electron chi connectivity index (χ4n) is 2.53. The molecular formula is C15H21N3O4. The molecular weight excluding hydrogens is 286 g/mol. The second kappa shape index (κ2) is 6.20. The van der Waals surface area contributed by atoms with E-state index in [1.807, 2.05) is 6.07 Å². The standard InChI is InChI=1S/C15H21N3O4/c16-15(1-2-15)11-22-10-12-7-13(9-14(8-12)18(19)20)17-3-5-21-6-4-17/h7-9H,1-6,10-11,16H2.